The average Bonchev–Trinajstić information content (AvgIpc) is 2.22. The van der Waals surface area contributed by atoms with Crippen LogP contribution in [0.25, 0.3) is 0 Å². The van der Waals surface area contributed by atoms with E-state index >= 15 is 0 Å². The largest absolute Gasteiger partial charge is 0.349 e. The fourth-order valence-corrected chi connectivity index (χ4v) is 3.31. The lowest BCUT2D eigenvalue weighted by atomic mass is 9.77. The molecular weight excluding hydrogens is 234 g/mol. The molecule has 0 aromatic rings. The van der Waals surface area contributed by atoms with E-state index in [0.717, 1.165) is 25.7 Å². The topological polar surface area (TPSA) is 29.1 Å². The van der Waals surface area contributed by atoms with Crippen LogP contribution < -0.4 is 5.32 Å². The van der Waals surface area contributed by atoms with Crippen LogP contribution in [-0.4, -0.2) is 17.3 Å². The summed E-state index contributed by atoms with van der Waals surface area (Å²) < 4.78 is 0. The third kappa shape index (κ3) is 3.37. The molecule has 17 heavy (non-hydrogen) atoms. The minimum Gasteiger partial charge on any atom is -0.349 e. The summed E-state index contributed by atoms with van der Waals surface area (Å²) in [5.74, 6) is 1.09. The molecule has 0 aromatic carbocycles. The Bertz CT molecular complexity index is 249. The summed E-state index contributed by atoms with van der Waals surface area (Å²) in [6, 6.07) is 0. The lowest BCUT2D eigenvalue weighted by Gasteiger charge is -2.42. The Hall–Kier alpha value is -0.240. The molecule has 0 atom stereocenters. The Morgan fingerprint density at radius 2 is 1.65 bits per heavy atom. The molecule has 2 rings (SSSR count). The van der Waals surface area contributed by atoms with Gasteiger partial charge in [-0.3, -0.25) is 4.79 Å². The maximum absolute atomic E-state index is 12.3. The molecule has 2 aliphatic rings. The van der Waals surface area contributed by atoms with Gasteiger partial charge in [-0.2, -0.15) is 0 Å². The van der Waals surface area contributed by atoms with Gasteiger partial charge in [0.1, 0.15) is 0 Å². The van der Waals surface area contributed by atoms with Gasteiger partial charge in [0.15, 0.2) is 0 Å². The molecular formula is C14H24ClNO. The van der Waals surface area contributed by atoms with E-state index in [1.165, 1.54) is 38.5 Å². The van der Waals surface area contributed by atoms with Gasteiger partial charge in [-0.25, -0.2) is 0 Å². The van der Waals surface area contributed by atoms with E-state index in [2.05, 4.69) is 5.32 Å². The molecule has 1 amide bonds. The number of carbonyl (C=O) groups excluding carboxylic acids is 1. The van der Waals surface area contributed by atoms with E-state index < -0.39 is 0 Å². The van der Waals surface area contributed by atoms with Gasteiger partial charge in [-0.15, -0.1) is 11.6 Å². The van der Waals surface area contributed by atoms with Gasteiger partial charge in [0.2, 0.25) is 5.91 Å². The zero-order chi connectivity index (χ0) is 12.1. The minimum absolute atomic E-state index is 0.0546. The summed E-state index contributed by atoms with van der Waals surface area (Å²) in [7, 11) is 0. The Morgan fingerprint density at radius 1 is 1.06 bits per heavy atom. The first-order chi connectivity index (χ1) is 8.26. The first-order valence-corrected chi connectivity index (χ1v) is 7.67. The van der Waals surface area contributed by atoms with E-state index in [1.54, 1.807) is 0 Å². The molecule has 3 heteroatoms. The molecule has 0 unspecified atom stereocenters. The Balaban J connectivity index is 1.84. The normalized spacial score (nSPS) is 25.5. The van der Waals surface area contributed by atoms with E-state index in [9.17, 15) is 4.79 Å². The van der Waals surface area contributed by atoms with Gasteiger partial charge >= 0.3 is 0 Å². The number of alkyl halides is 1. The van der Waals surface area contributed by atoms with Crippen molar-refractivity contribution in [1.29, 1.82) is 0 Å². The predicted molar refractivity (Wildman–Crippen MR) is 71.3 cm³/mol. The van der Waals surface area contributed by atoms with Crippen LogP contribution in [-0.2, 0) is 4.79 Å². The van der Waals surface area contributed by atoms with Crippen LogP contribution in [0, 0.1) is 5.92 Å². The fraction of sp³-hybridized carbons (Fsp3) is 0.929. The lowest BCUT2D eigenvalue weighted by Crippen LogP contribution is -2.56. The van der Waals surface area contributed by atoms with Crippen LogP contribution in [0.1, 0.15) is 64.2 Å². The number of hydrogen-bond donors (Lipinski definition) is 1. The summed E-state index contributed by atoms with van der Waals surface area (Å²) in [6.07, 6.45) is 11.8. The molecule has 2 fully saturated rings. The van der Waals surface area contributed by atoms with E-state index in [4.69, 9.17) is 11.6 Å². The van der Waals surface area contributed by atoms with Crippen molar-refractivity contribution in [3.05, 3.63) is 0 Å². The zero-order valence-corrected chi connectivity index (χ0v) is 11.4. The predicted octanol–water partition coefficient (Wildman–Crippen LogP) is 3.62. The average molecular weight is 258 g/mol. The second-order valence-corrected chi connectivity index (χ2v) is 6.07. The molecule has 2 saturated carbocycles. The fourth-order valence-electron chi connectivity index (χ4n) is 2.98. The van der Waals surface area contributed by atoms with Crippen LogP contribution in [0.5, 0.6) is 0 Å². The SMILES string of the molecule is O=C(NC1(CCl)CCC1)C1CCCCCCC1. The maximum Gasteiger partial charge on any atom is 0.223 e. The van der Waals surface area contributed by atoms with Crippen LogP contribution >= 0.6 is 11.6 Å². The highest BCUT2D eigenvalue weighted by Crippen LogP contribution is 2.34. The third-order valence-electron chi connectivity index (χ3n) is 4.43. The number of nitrogens with one attached hydrogen (secondary N) is 1. The molecule has 0 aromatic heterocycles. The van der Waals surface area contributed by atoms with Crippen LogP contribution in [0.15, 0.2) is 0 Å². The van der Waals surface area contributed by atoms with Gasteiger partial charge in [-0.1, -0.05) is 32.1 Å². The Labute approximate surface area is 109 Å². The molecule has 0 spiro atoms. The summed E-state index contributed by atoms with van der Waals surface area (Å²) in [5, 5.41) is 3.23. The number of hydrogen-bond acceptors (Lipinski definition) is 1. The Morgan fingerprint density at radius 3 is 2.12 bits per heavy atom. The molecule has 98 valence electrons. The lowest BCUT2D eigenvalue weighted by molar-refractivity contribution is -0.128. The van der Waals surface area contributed by atoms with Gasteiger partial charge in [0, 0.05) is 11.8 Å². The van der Waals surface area contributed by atoms with Crippen molar-refractivity contribution < 1.29 is 4.79 Å². The molecule has 0 saturated heterocycles. The highest BCUT2D eigenvalue weighted by molar-refractivity contribution is 6.18. The van der Waals surface area contributed by atoms with E-state index in [1.807, 2.05) is 0 Å². The van der Waals surface area contributed by atoms with Crippen LogP contribution in [0.4, 0.5) is 0 Å². The highest BCUT2D eigenvalue weighted by atomic mass is 35.5. The number of halogens is 1. The number of carbonyl (C=O) groups is 1. The summed E-state index contributed by atoms with van der Waals surface area (Å²) in [6.45, 7) is 0. The van der Waals surface area contributed by atoms with Gasteiger partial charge < -0.3 is 5.32 Å². The molecule has 0 bridgehead atoms. The first kappa shape index (κ1) is 13.2. The standard InChI is InChI=1S/C14H24ClNO/c15-11-14(9-6-10-14)16-13(17)12-7-4-2-1-3-5-8-12/h12H,1-11H2,(H,16,17). The summed E-state index contributed by atoms with van der Waals surface area (Å²) >= 11 is 5.99. The van der Waals surface area contributed by atoms with Crippen molar-refractivity contribution >= 4 is 17.5 Å². The van der Waals surface area contributed by atoms with Crippen molar-refractivity contribution in [1.82, 2.24) is 5.32 Å². The van der Waals surface area contributed by atoms with Crippen molar-refractivity contribution in [2.24, 2.45) is 5.92 Å². The smallest absolute Gasteiger partial charge is 0.223 e. The van der Waals surface area contributed by atoms with Crippen molar-refractivity contribution in [2.45, 2.75) is 69.7 Å². The van der Waals surface area contributed by atoms with Crippen molar-refractivity contribution in [3.8, 4) is 0 Å². The molecule has 2 aliphatic carbocycles. The molecule has 1 N–H and O–H groups in total. The number of rotatable bonds is 3. The van der Waals surface area contributed by atoms with Gasteiger partial charge in [0.05, 0.1) is 5.54 Å². The van der Waals surface area contributed by atoms with Crippen molar-refractivity contribution in [2.75, 3.05) is 5.88 Å². The Kier molecular flexibility index (Phi) is 4.72. The zero-order valence-electron chi connectivity index (χ0n) is 10.6. The van der Waals surface area contributed by atoms with Crippen LogP contribution in [0.2, 0.25) is 0 Å². The second kappa shape index (κ2) is 6.08. The van der Waals surface area contributed by atoms with Gasteiger partial charge in [-0.05, 0) is 32.1 Å². The second-order valence-electron chi connectivity index (χ2n) is 5.80. The first-order valence-electron chi connectivity index (χ1n) is 7.14. The van der Waals surface area contributed by atoms with Crippen molar-refractivity contribution in [3.63, 3.8) is 0 Å². The molecule has 2 nitrogen and oxygen atoms in total. The van der Waals surface area contributed by atoms with Gasteiger partial charge in [0.25, 0.3) is 0 Å². The van der Waals surface area contributed by atoms with E-state index in [-0.39, 0.29) is 17.4 Å². The monoisotopic (exact) mass is 257 g/mol. The quantitative estimate of drug-likeness (QED) is 0.769. The highest BCUT2D eigenvalue weighted by Gasteiger charge is 2.38. The van der Waals surface area contributed by atoms with Crippen LogP contribution in [0.3, 0.4) is 0 Å². The number of amides is 1. The minimum atomic E-state index is -0.0546. The summed E-state index contributed by atoms with van der Waals surface area (Å²) in [5.41, 5.74) is -0.0546. The molecule has 0 radical (unpaired) electrons. The third-order valence-corrected chi connectivity index (χ3v) is 4.94. The molecule has 0 heterocycles. The molecule has 0 aliphatic heterocycles. The maximum atomic E-state index is 12.3. The summed E-state index contributed by atoms with van der Waals surface area (Å²) in [4.78, 5) is 12.3. The van der Waals surface area contributed by atoms with E-state index in [0.29, 0.717) is 5.88 Å².